The summed E-state index contributed by atoms with van der Waals surface area (Å²) in [6, 6.07) is 0. The Kier molecular flexibility index (Phi) is 16.1. The summed E-state index contributed by atoms with van der Waals surface area (Å²) in [6.07, 6.45) is 14.3. The quantitative estimate of drug-likeness (QED) is 0.144. The second kappa shape index (κ2) is 18.3. The highest BCUT2D eigenvalue weighted by Crippen LogP contribution is 2.21. The topological polar surface area (TPSA) is 96.0 Å². The molecule has 0 aliphatic carbocycles. The lowest BCUT2D eigenvalue weighted by atomic mass is 9.94. The van der Waals surface area contributed by atoms with E-state index in [1.165, 1.54) is 0 Å². The van der Waals surface area contributed by atoms with Crippen LogP contribution in [0.2, 0.25) is 0 Å². The maximum Gasteiger partial charge on any atom is 0.519 e. The minimum Gasteiger partial charge on any atom is -0.457 e. The lowest BCUT2D eigenvalue weighted by molar-refractivity contribution is -0.152. The van der Waals surface area contributed by atoms with Crippen LogP contribution in [0.4, 0.5) is 0 Å². The molecule has 0 saturated heterocycles. The molecule has 0 amide bonds. The Balaban J connectivity index is 2.61. The molecule has 1 unspecified atom stereocenters. The third-order valence-corrected chi connectivity index (χ3v) is 6.20. The summed E-state index contributed by atoms with van der Waals surface area (Å²) in [4.78, 5) is 36.6. The molecule has 0 aliphatic rings. The summed E-state index contributed by atoms with van der Waals surface area (Å²) < 4.78 is 20.9. The normalized spacial score (nSPS) is 12.1. The first-order valence-electron chi connectivity index (χ1n) is 13.4. The molecule has 0 aromatic carbocycles. The van der Waals surface area contributed by atoms with Gasteiger partial charge in [-0.1, -0.05) is 98.3 Å². The van der Waals surface area contributed by atoms with Crippen molar-refractivity contribution in [3.05, 3.63) is 22.1 Å². The molecule has 0 spiro atoms. The summed E-state index contributed by atoms with van der Waals surface area (Å²) in [5, 5.41) is 0. The van der Waals surface area contributed by atoms with Crippen LogP contribution in [0, 0.1) is 11.8 Å². The highest BCUT2D eigenvalue weighted by molar-refractivity contribution is 5.72. The Bertz CT molecular complexity index is 722. The first-order valence-corrected chi connectivity index (χ1v) is 13.4. The molecule has 34 heavy (non-hydrogen) atoms. The number of carbonyl (C=O) groups is 2. The number of hydrogen-bond donors (Lipinski definition) is 0. The maximum atomic E-state index is 12.8. The number of carbonyl (C=O) groups excluding carboxylic acids is 2. The molecule has 1 atom stereocenters. The molecular formula is C27H46O7. The van der Waals surface area contributed by atoms with Gasteiger partial charge in [0.05, 0.1) is 11.8 Å². The van der Waals surface area contributed by atoms with Crippen molar-refractivity contribution in [3.63, 3.8) is 0 Å². The van der Waals surface area contributed by atoms with E-state index in [9.17, 15) is 14.4 Å². The third kappa shape index (κ3) is 12.4. The summed E-state index contributed by atoms with van der Waals surface area (Å²) in [5.41, 5.74) is 0. The first kappa shape index (κ1) is 30.0. The second-order valence-electron chi connectivity index (χ2n) is 9.31. The SMILES string of the molecule is CCCCCCC(CCCCCC)C(=O)OCc1oc(=O)oc1COC(=O)C(C)CCCCC. The van der Waals surface area contributed by atoms with Gasteiger partial charge >= 0.3 is 17.8 Å². The lowest BCUT2D eigenvalue weighted by Crippen LogP contribution is -2.18. The van der Waals surface area contributed by atoms with Gasteiger partial charge in [-0.25, -0.2) is 4.79 Å². The van der Waals surface area contributed by atoms with Crippen molar-refractivity contribution in [2.24, 2.45) is 11.8 Å². The minimum absolute atomic E-state index is 0.0920. The molecule has 196 valence electrons. The zero-order valence-corrected chi connectivity index (χ0v) is 21.8. The van der Waals surface area contributed by atoms with Crippen LogP contribution >= 0.6 is 0 Å². The fourth-order valence-electron chi connectivity index (χ4n) is 3.92. The van der Waals surface area contributed by atoms with E-state index < -0.39 is 5.82 Å². The fourth-order valence-corrected chi connectivity index (χ4v) is 3.92. The van der Waals surface area contributed by atoms with Gasteiger partial charge in [0.25, 0.3) is 0 Å². The Morgan fingerprint density at radius 3 is 1.62 bits per heavy atom. The maximum absolute atomic E-state index is 12.8. The monoisotopic (exact) mass is 482 g/mol. The third-order valence-electron chi connectivity index (χ3n) is 6.20. The van der Waals surface area contributed by atoms with Crippen LogP contribution in [0.5, 0.6) is 0 Å². The van der Waals surface area contributed by atoms with Gasteiger partial charge in [0, 0.05) is 0 Å². The van der Waals surface area contributed by atoms with Crippen LogP contribution in [0.1, 0.15) is 129 Å². The van der Waals surface area contributed by atoms with Gasteiger partial charge in [-0.15, -0.1) is 0 Å². The Morgan fingerprint density at radius 1 is 0.676 bits per heavy atom. The second-order valence-corrected chi connectivity index (χ2v) is 9.31. The molecule has 0 saturated carbocycles. The van der Waals surface area contributed by atoms with Crippen LogP contribution in [-0.2, 0) is 32.3 Å². The van der Waals surface area contributed by atoms with E-state index in [0.717, 1.165) is 89.9 Å². The predicted octanol–water partition coefficient (Wildman–Crippen LogP) is 7.09. The molecule has 1 aromatic rings. The average molecular weight is 483 g/mol. The van der Waals surface area contributed by atoms with Gasteiger partial charge in [0.2, 0.25) is 0 Å². The molecule has 7 nitrogen and oxygen atoms in total. The average Bonchev–Trinajstić information content (AvgIpc) is 3.19. The zero-order chi connectivity index (χ0) is 25.2. The van der Waals surface area contributed by atoms with E-state index >= 15 is 0 Å². The minimum atomic E-state index is -0.899. The van der Waals surface area contributed by atoms with Crippen molar-refractivity contribution in [1.82, 2.24) is 0 Å². The van der Waals surface area contributed by atoms with Gasteiger partial charge in [0.15, 0.2) is 24.7 Å². The Hall–Kier alpha value is -2.05. The van der Waals surface area contributed by atoms with Crippen LogP contribution < -0.4 is 5.82 Å². The van der Waals surface area contributed by atoms with Crippen LogP contribution in [0.25, 0.3) is 0 Å². The molecule has 0 bridgehead atoms. The molecule has 0 radical (unpaired) electrons. The number of ether oxygens (including phenoxy) is 2. The van der Waals surface area contributed by atoms with Gasteiger partial charge in [-0.2, -0.15) is 0 Å². The molecule has 1 rings (SSSR count). The van der Waals surface area contributed by atoms with E-state index in [1.807, 2.05) is 6.92 Å². The number of rotatable bonds is 20. The van der Waals surface area contributed by atoms with E-state index in [4.69, 9.17) is 18.3 Å². The smallest absolute Gasteiger partial charge is 0.457 e. The van der Waals surface area contributed by atoms with E-state index in [0.29, 0.717) is 0 Å². The molecule has 1 heterocycles. The molecule has 0 aliphatic heterocycles. The van der Waals surface area contributed by atoms with E-state index in [2.05, 4.69) is 20.8 Å². The molecule has 7 heteroatoms. The molecule has 0 fully saturated rings. The molecule has 0 N–H and O–H groups in total. The zero-order valence-electron chi connectivity index (χ0n) is 21.8. The van der Waals surface area contributed by atoms with E-state index in [1.54, 1.807) is 0 Å². The Labute approximate surface area is 205 Å². The highest BCUT2D eigenvalue weighted by atomic mass is 16.6. The van der Waals surface area contributed by atoms with Crippen molar-refractivity contribution in [2.45, 2.75) is 131 Å². The number of esters is 2. The van der Waals surface area contributed by atoms with Crippen LogP contribution in [-0.4, -0.2) is 11.9 Å². The summed E-state index contributed by atoms with van der Waals surface area (Å²) >= 11 is 0. The van der Waals surface area contributed by atoms with Gasteiger partial charge in [-0.05, 0) is 19.3 Å². The molecule has 1 aromatic heterocycles. The molecular weight excluding hydrogens is 436 g/mol. The van der Waals surface area contributed by atoms with Crippen LogP contribution in [0.3, 0.4) is 0 Å². The van der Waals surface area contributed by atoms with Crippen molar-refractivity contribution in [2.75, 3.05) is 0 Å². The largest absolute Gasteiger partial charge is 0.519 e. The van der Waals surface area contributed by atoms with Gasteiger partial charge < -0.3 is 18.3 Å². The number of unbranched alkanes of at least 4 members (excludes halogenated alkanes) is 8. The summed E-state index contributed by atoms with van der Waals surface area (Å²) in [5.74, 6) is -1.71. The van der Waals surface area contributed by atoms with E-state index in [-0.39, 0.29) is 48.5 Å². The van der Waals surface area contributed by atoms with Crippen molar-refractivity contribution in [1.29, 1.82) is 0 Å². The predicted molar refractivity (Wildman–Crippen MR) is 131 cm³/mol. The Morgan fingerprint density at radius 2 is 1.12 bits per heavy atom. The summed E-state index contributed by atoms with van der Waals surface area (Å²) in [7, 11) is 0. The fraction of sp³-hybridized carbons (Fsp3) is 0.815. The van der Waals surface area contributed by atoms with Crippen molar-refractivity contribution in [3.8, 4) is 0 Å². The first-order chi connectivity index (χ1) is 16.4. The standard InChI is InChI=1S/C27H46O7/c1-5-8-11-14-17-22(18-15-12-9-6-2)26(29)32-20-24-23(33-27(30)34-24)19-31-25(28)21(4)16-13-10-7-3/h21-22H,5-20H2,1-4H3. The summed E-state index contributed by atoms with van der Waals surface area (Å²) in [6.45, 7) is 7.85. The van der Waals surface area contributed by atoms with Gasteiger partial charge in [0.1, 0.15) is 0 Å². The van der Waals surface area contributed by atoms with Crippen molar-refractivity contribution >= 4 is 11.9 Å². The highest BCUT2D eigenvalue weighted by Gasteiger charge is 2.23. The van der Waals surface area contributed by atoms with Gasteiger partial charge in [-0.3, -0.25) is 9.59 Å². The van der Waals surface area contributed by atoms with Crippen LogP contribution in [0.15, 0.2) is 13.6 Å². The number of hydrogen-bond acceptors (Lipinski definition) is 7. The lowest BCUT2D eigenvalue weighted by Gasteiger charge is -2.16. The van der Waals surface area contributed by atoms with Crippen molar-refractivity contribution < 1.29 is 27.9 Å².